The minimum Gasteiger partial charge on any atom is -0.466 e. The quantitative estimate of drug-likeness (QED) is 0.571. The molecule has 0 aliphatic carbocycles. The fourth-order valence-electron chi connectivity index (χ4n) is 1.91. The summed E-state index contributed by atoms with van der Waals surface area (Å²) in [6, 6.07) is 4.20. The highest BCUT2D eigenvalue weighted by Gasteiger charge is 2.01. The second kappa shape index (κ2) is 7.80. The van der Waals surface area contributed by atoms with Gasteiger partial charge in [-0.2, -0.15) is 0 Å². The molecule has 4 heteroatoms. The van der Waals surface area contributed by atoms with E-state index in [1.807, 2.05) is 6.92 Å². The van der Waals surface area contributed by atoms with Crippen LogP contribution in [0.1, 0.15) is 44.0 Å². The van der Waals surface area contributed by atoms with Crippen molar-refractivity contribution < 1.29 is 9.53 Å². The van der Waals surface area contributed by atoms with Crippen LogP contribution in [0.5, 0.6) is 0 Å². The Morgan fingerprint density at radius 2 is 1.89 bits per heavy atom. The summed E-state index contributed by atoms with van der Waals surface area (Å²) in [5.74, 6) is -0.0810. The van der Waals surface area contributed by atoms with E-state index < -0.39 is 0 Å². The molecule has 0 amide bonds. The number of aromatic nitrogens is 1. The fourth-order valence-corrected chi connectivity index (χ4v) is 1.91. The summed E-state index contributed by atoms with van der Waals surface area (Å²) >= 11 is 0. The Morgan fingerprint density at radius 3 is 2.50 bits per heavy atom. The summed E-state index contributed by atoms with van der Waals surface area (Å²) in [6.45, 7) is 7.41. The van der Waals surface area contributed by atoms with Crippen molar-refractivity contribution in [3.8, 4) is 0 Å². The van der Waals surface area contributed by atoms with Crippen molar-refractivity contribution in [2.75, 3.05) is 18.6 Å². The molecule has 1 N–H and O–H groups in total. The van der Waals surface area contributed by atoms with Gasteiger partial charge in [0.05, 0.1) is 6.61 Å². The van der Waals surface area contributed by atoms with Crippen molar-refractivity contribution in [3.63, 3.8) is 0 Å². The van der Waals surface area contributed by atoms with E-state index in [0.717, 1.165) is 25.8 Å². The number of nitrogens with one attached hydrogen (secondary N) is 1. The smallest absolute Gasteiger partial charge is 0.305 e. The van der Waals surface area contributed by atoms with Crippen LogP contribution >= 0.6 is 0 Å². The number of carbonyl (C=O) groups excluding carboxylic acids is 1. The van der Waals surface area contributed by atoms with Crippen LogP contribution in [0.3, 0.4) is 0 Å². The van der Waals surface area contributed by atoms with Gasteiger partial charge >= 0.3 is 5.97 Å². The zero-order valence-corrected chi connectivity index (χ0v) is 11.7. The number of unbranched alkanes of at least 4 members (excludes halogenated alkanes) is 2. The molecule has 18 heavy (non-hydrogen) atoms. The Bertz CT molecular complexity index is 352. The van der Waals surface area contributed by atoms with Crippen LogP contribution in [-0.2, 0) is 9.53 Å². The molecule has 4 nitrogen and oxygen atoms in total. The molecule has 0 bridgehead atoms. The standard InChI is InChI=1S/C14H24N2O2/c1-4-18-14(17)8-6-5-7-11-15-16-12(2)9-10-13(16)3/h9-10,15H,4-8,11H2,1-3H3. The van der Waals surface area contributed by atoms with E-state index >= 15 is 0 Å². The molecule has 0 radical (unpaired) electrons. The van der Waals surface area contributed by atoms with Gasteiger partial charge < -0.3 is 10.2 Å². The lowest BCUT2D eigenvalue weighted by atomic mass is 10.2. The van der Waals surface area contributed by atoms with Crippen molar-refractivity contribution in [2.45, 2.75) is 46.5 Å². The van der Waals surface area contributed by atoms with Gasteiger partial charge in [0.1, 0.15) is 0 Å². The van der Waals surface area contributed by atoms with Crippen molar-refractivity contribution in [1.82, 2.24) is 4.68 Å². The number of carbonyl (C=O) groups is 1. The third kappa shape index (κ3) is 4.82. The van der Waals surface area contributed by atoms with E-state index in [1.54, 1.807) is 0 Å². The number of aryl methyl sites for hydroxylation is 2. The molecular formula is C14H24N2O2. The van der Waals surface area contributed by atoms with E-state index in [1.165, 1.54) is 11.4 Å². The molecule has 0 aliphatic heterocycles. The Labute approximate surface area is 109 Å². The molecule has 0 saturated carbocycles. The summed E-state index contributed by atoms with van der Waals surface area (Å²) in [4.78, 5) is 11.1. The fraction of sp³-hybridized carbons (Fsp3) is 0.643. The van der Waals surface area contributed by atoms with Crippen molar-refractivity contribution in [1.29, 1.82) is 0 Å². The second-order valence-electron chi connectivity index (χ2n) is 4.48. The average molecular weight is 252 g/mol. The molecular weight excluding hydrogens is 228 g/mol. The number of hydrogen-bond donors (Lipinski definition) is 1. The largest absolute Gasteiger partial charge is 0.466 e. The third-order valence-corrected chi connectivity index (χ3v) is 2.90. The van der Waals surface area contributed by atoms with Gasteiger partial charge in [0, 0.05) is 24.4 Å². The second-order valence-corrected chi connectivity index (χ2v) is 4.48. The lowest BCUT2D eigenvalue weighted by Gasteiger charge is -2.12. The Hall–Kier alpha value is -1.45. The zero-order valence-electron chi connectivity index (χ0n) is 11.7. The molecule has 1 aromatic rings. The van der Waals surface area contributed by atoms with Gasteiger partial charge in [-0.05, 0) is 45.7 Å². The van der Waals surface area contributed by atoms with Crippen molar-refractivity contribution >= 4 is 5.97 Å². The highest BCUT2D eigenvalue weighted by Crippen LogP contribution is 2.05. The first-order chi connectivity index (χ1) is 8.65. The van der Waals surface area contributed by atoms with Crippen LogP contribution in [-0.4, -0.2) is 23.8 Å². The van der Waals surface area contributed by atoms with Crippen molar-refractivity contribution in [2.24, 2.45) is 0 Å². The lowest BCUT2D eigenvalue weighted by Crippen LogP contribution is -2.18. The van der Waals surface area contributed by atoms with Crippen LogP contribution in [0.2, 0.25) is 0 Å². The third-order valence-electron chi connectivity index (χ3n) is 2.90. The normalized spacial score (nSPS) is 10.4. The zero-order chi connectivity index (χ0) is 13.4. The van der Waals surface area contributed by atoms with Crippen LogP contribution in [0.15, 0.2) is 12.1 Å². The van der Waals surface area contributed by atoms with Gasteiger partial charge in [0.15, 0.2) is 0 Å². The predicted octanol–water partition coefficient (Wildman–Crippen LogP) is 2.77. The van der Waals surface area contributed by atoms with Gasteiger partial charge in [-0.25, -0.2) is 0 Å². The van der Waals surface area contributed by atoms with Crippen LogP contribution in [0.4, 0.5) is 0 Å². The van der Waals surface area contributed by atoms with E-state index in [4.69, 9.17) is 4.74 Å². The number of hydrogen-bond acceptors (Lipinski definition) is 3. The summed E-state index contributed by atoms with van der Waals surface area (Å²) in [5.41, 5.74) is 5.82. The minimum absolute atomic E-state index is 0.0810. The summed E-state index contributed by atoms with van der Waals surface area (Å²) in [7, 11) is 0. The van der Waals surface area contributed by atoms with Crippen LogP contribution in [0.25, 0.3) is 0 Å². The molecule has 0 fully saturated rings. The van der Waals surface area contributed by atoms with Crippen LogP contribution < -0.4 is 5.43 Å². The lowest BCUT2D eigenvalue weighted by molar-refractivity contribution is -0.143. The SMILES string of the molecule is CCOC(=O)CCCCCNn1c(C)ccc1C. The first kappa shape index (κ1) is 14.6. The summed E-state index contributed by atoms with van der Waals surface area (Å²) in [6.07, 6.45) is 3.56. The highest BCUT2D eigenvalue weighted by atomic mass is 16.5. The molecule has 0 atom stereocenters. The first-order valence-corrected chi connectivity index (χ1v) is 6.69. The topological polar surface area (TPSA) is 43.3 Å². The maximum absolute atomic E-state index is 11.1. The number of esters is 1. The van der Waals surface area contributed by atoms with Gasteiger partial charge in [-0.15, -0.1) is 0 Å². The van der Waals surface area contributed by atoms with E-state index in [2.05, 4.69) is 36.1 Å². The molecule has 1 rings (SSSR count). The van der Waals surface area contributed by atoms with Gasteiger partial charge in [0.25, 0.3) is 0 Å². The molecule has 0 unspecified atom stereocenters. The van der Waals surface area contributed by atoms with Gasteiger partial charge in [-0.1, -0.05) is 6.42 Å². The van der Waals surface area contributed by atoms with E-state index in [9.17, 15) is 4.79 Å². The Kier molecular flexibility index (Phi) is 6.33. The molecule has 0 saturated heterocycles. The van der Waals surface area contributed by atoms with Crippen molar-refractivity contribution in [3.05, 3.63) is 23.5 Å². The molecule has 0 aliphatic rings. The Morgan fingerprint density at radius 1 is 1.22 bits per heavy atom. The summed E-state index contributed by atoms with van der Waals surface area (Å²) < 4.78 is 6.98. The number of ether oxygens (including phenoxy) is 1. The Balaban J connectivity index is 2.07. The molecule has 1 aromatic heterocycles. The van der Waals surface area contributed by atoms with Gasteiger partial charge in [0.2, 0.25) is 0 Å². The predicted molar refractivity (Wildman–Crippen MR) is 73.2 cm³/mol. The highest BCUT2D eigenvalue weighted by molar-refractivity contribution is 5.69. The maximum atomic E-state index is 11.1. The van der Waals surface area contributed by atoms with Crippen LogP contribution in [0, 0.1) is 13.8 Å². The van der Waals surface area contributed by atoms with Gasteiger partial charge in [-0.3, -0.25) is 9.47 Å². The summed E-state index contributed by atoms with van der Waals surface area (Å²) in [5, 5.41) is 0. The van der Waals surface area contributed by atoms with E-state index in [-0.39, 0.29) is 5.97 Å². The minimum atomic E-state index is -0.0810. The number of nitrogens with zero attached hydrogens (tertiary/aromatic N) is 1. The molecule has 0 spiro atoms. The molecule has 0 aromatic carbocycles. The number of rotatable bonds is 8. The first-order valence-electron chi connectivity index (χ1n) is 6.69. The van der Waals surface area contributed by atoms with E-state index in [0.29, 0.717) is 13.0 Å². The maximum Gasteiger partial charge on any atom is 0.305 e. The average Bonchev–Trinajstić information content (AvgIpc) is 2.65. The molecule has 102 valence electrons. The molecule has 1 heterocycles. The monoisotopic (exact) mass is 252 g/mol.